The van der Waals surface area contributed by atoms with Crippen LogP contribution in [0.2, 0.25) is 5.28 Å². The van der Waals surface area contributed by atoms with Crippen LogP contribution in [0.25, 0.3) is 10.9 Å². The monoisotopic (exact) mass is 353 g/mol. The first kappa shape index (κ1) is 20.0. The smallest absolute Gasteiger partial charge is 0.225 e. The molecular formula is C20H20ClN3O. The molecule has 0 radical (unpaired) electrons. The van der Waals surface area contributed by atoms with E-state index in [1.165, 1.54) is 0 Å². The number of allylic oxidation sites excluding steroid dienone is 2. The zero-order valence-corrected chi connectivity index (χ0v) is 14.9. The molecule has 2 heterocycles. The lowest BCUT2D eigenvalue weighted by molar-refractivity contribution is 0.462. The lowest BCUT2D eigenvalue weighted by atomic mass is 10.2. The summed E-state index contributed by atoms with van der Waals surface area (Å²) in [6.45, 7) is 9.78. The lowest BCUT2D eigenvalue weighted by Crippen LogP contribution is -1.92. The van der Waals surface area contributed by atoms with Crippen LogP contribution in [0.15, 0.2) is 68.0 Å². The summed E-state index contributed by atoms with van der Waals surface area (Å²) in [5.41, 5.74) is 1.14. The number of hydrogen-bond donors (Lipinski definition) is 0. The second kappa shape index (κ2) is 10.7. The van der Waals surface area contributed by atoms with E-state index < -0.39 is 0 Å². The maximum atomic E-state index is 5.73. The van der Waals surface area contributed by atoms with E-state index in [2.05, 4.69) is 40.5 Å². The maximum absolute atomic E-state index is 5.73. The van der Waals surface area contributed by atoms with Crippen molar-refractivity contribution in [2.75, 3.05) is 0 Å². The first-order valence-electron chi connectivity index (χ1n) is 7.44. The number of ether oxygens (including phenoxy) is 1. The topological polar surface area (TPSA) is 39.9 Å². The van der Waals surface area contributed by atoms with Crippen molar-refractivity contribution in [1.82, 2.24) is 14.5 Å². The van der Waals surface area contributed by atoms with Gasteiger partial charge < -0.3 is 9.30 Å². The van der Waals surface area contributed by atoms with Crippen LogP contribution >= 0.6 is 11.6 Å². The molecule has 0 atom stereocenters. The van der Waals surface area contributed by atoms with Gasteiger partial charge in [-0.05, 0) is 42.8 Å². The molecular weight excluding hydrogens is 334 g/mol. The number of aromatic nitrogens is 3. The molecule has 128 valence electrons. The molecule has 2 aromatic heterocycles. The number of fused-ring (bicyclic) bond motifs is 1. The zero-order chi connectivity index (χ0) is 18.7. The zero-order valence-electron chi connectivity index (χ0n) is 14.1. The first-order valence-corrected chi connectivity index (χ1v) is 7.82. The average Bonchev–Trinajstić information content (AvgIpc) is 3.00. The number of nitrogens with zero attached hydrogens (tertiary/aromatic N) is 3. The third kappa shape index (κ3) is 5.83. The third-order valence-corrected chi connectivity index (χ3v) is 3.07. The van der Waals surface area contributed by atoms with Gasteiger partial charge in [-0.25, -0.2) is 4.98 Å². The molecule has 0 saturated carbocycles. The SMILES string of the molecule is C#C.C=CC.C=CCn1ccc2cc(Oc3ccnc(Cl)n3)ccc21. The molecule has 0 fully saturated rings. The van der Waals surface area contributed by atoms with E-state index in [-0.39, 0.29) is 5.28 Å². The van der Waals surface area contributed by atoms with E-state index in [9.17, 15) is 0 Å². The van der Waals surface area contributed by atoms with Gasteiger partial charge in [0.25, 0.3) is 0 Å². The minimum absolute atomic E-state index is 0.167. The van der Waals surface area contributed by atoms with Crippen LogP contribution in [0, 0.1) is 12.8 Å². The second-order valence-corrected chi connectivity index (χ2v) is 4.99. The Balaban J connectivity index is 0.000000567. The molecule has 3 aromatic rings. The highest BCUT2D eigenvalue weighted by molar-refractivity contribution is 6.28. The van der Waals surface area contributed by atoms with Gasteiger partial charge in [-0.2, -0.15) is 4.98 Å². The van der Waals surface area contributed by atoms with Gasteiger partial charge >= 0.3 is 0 Å². The predicted molar refractivity (Wildman–Crippen MR) is 105 cm³/mol. The minimum atomic E-state index is 0.167. The van der Waals surface area contributed by atoms with Crippen LogP contribution < -0.4 is 4.74 Å². The second-order valence-electron chi connectivity index (χ2n) is 4.65. The van der Waals surface area contributed by atoms with E-state index in [1.54, 1.807) is 18.3 Å². The van der Waals surface area contributed by atoms with Crippen molar-refractivity contribution >= 4 is 22.5 Å². The van der Waals surface area contributed by atoms with Crippen molar-refractivity contribution in [1.29, 1.82) is 0 Å². The summed E-state index contributed by atoms with van der Waals surface area (Å²) >= 11 is 5.73. The Kier molecular flexibility index (Phi) is 8.56. The van der Waals surface area contributed by atoms with E-state index in [1.807, 2.05) is 43.5 Å². The normalized spacial score (nSPS) is 9.12. The summed E-state index contributed by atoms with van der Waals surface area (Å²) in [6.07, 6.45) is 15.2. The van der Waals surface area contributed by atoms with Crippen LogP contribution in [0.5, 0.6) is 11.6 Å². The number of rotatable bonds is 4. The molecule has 0 unspecified atom stereocenters. The van der Waals surface area contributed by atoms with Gasteiger partial charge in [0.05, 0.1) is 0 Å². The summed E-state index contributed by atoms with van der Waals surface area (Å²) in [4.78, 5) is 7.81. The fraction of sp³-hybridized carbons (Fsp3) is 0.100. The lowest BCUT2D eigenvalue weighted by Gasteiger charge is -2.06. The van der Waals surface area contributed by atoms with E-state index in [4.69, 9.17) is 16.3 Å². The molecule has 0 aliphatic heterocycles. The maximum Gasteiger partial charge on any atom is 0.225 e. The van der Waals surface area contributed by atoms with E-state index >= 15 is 0 Å². The van der Waals surface area contributed by atoms with Crippen molar-refractivity contribution < 1.29 is 4.74 Å². The molecule has 0 amide bonds. The molecule has 4 nitrogen and oxygen atoms in total. The molecule has 25 heavy (non-hydrogen) atoms. The highest BCUT2D eigenvalue weighted by atomic mass is 35.5. The molecule has 0 bridgehead atoms. The van der Waals surface area contributed by atoms with Crippen LogP contribution in [-0.2, 0) is 6.54 Å². The van der Waals surface area contributed by atoms with E-state index in [0.29, 0.717) is 11.6 Å². The summed E-state index contributed by atoms with van der Waals surface area (Å²) in [6, 6.07) is 9.58. The summed E-state index contributed by atoms with van der Waals surface area (Å²) in [5.74, 6) is 1.14. The Bertz CT molecular complexity index is 852. The molecule has 5 heteroatoms. The Morgan fingerprint density at radius 2 is 1.96 bits per heavy atom. The fourth-order valence-electron chi connectivity index (χ4n) is 2.04. The van der Waals surface area contributed by atoms with Gasteiger partial charge in [-0.1, -0.05) is 12.2 Å². The van der Waals surface area contributed by atoms with Crippen molar-refractivity contribution in [2.45, 2.75) is 13.5 Å². The molecule has 1 aromatic carbocycles. The van der Waals surface area contributed by atoms with Gasteiger partial charge in [0, 0.05) is 35.9 Å². The fourth-order valence-corrected chi connectivity index (χ4v) is 2.18. The van der Waals surface area contributed by atoms with E-state index in [0.717, 1.165) is 17.4 Å². The van der Waals surface area contributed by atoms with Crippen LogP contribution in [0.3, 0.4) is 0 Å². The largest absolute Gasteiger partial charge is 0.439 e. The van der Waals surface area contributed by atoms with Gasteiger partial charge in [0.1, 0.15) is 5.75 Å². The van der Waals surface area contributed by atoms with Crippen molar-refractivity contribution in [3.05, 3.63) is 73.3 Å². The van der Waals surface area contributed by atoms with Crippen LogP contribution in [0.4, 0.5) is 0 Å². The van der Waals surface area contributed by atoms with Gasteiger partial charge in [0.2, 0.25) is 11.2 Å². The van der Waals surface area contributed by atoms with Gasteiger partial charge in [-0.3, -0.25) is 0 Å². The summed E-state index contributed by atoms with van der Waals surface area (Å²) in [5, 5.41) is 1.27. The van der Waals surface area contributed by atoms with Crippen LogP contribution in [0.1, 0.15) is 6.92 Å². The Hall–Kier alpha value is -3.03. The highest BCUT2D eigenvalue weighted by Crippen LogP contribution is 2.25. The average molecular weight is 354 g/mol. The van der Waals surface area contributed by atoms with Crippen LogP contribution in [-0.4, -0.2) is 14.5 Å². The summed E-state index contributed by atoms with van der Waals surface area (Å²) < 4.78 is 7.79. The Morgan fingerprint density at radius 1 is 1.24 bits per heavy atom. The molecule has 0 saturated heterocycles. The quantitative estimate of drug-likeness (QED) is 0.353. The number of halogens is 1. The number of terminal acetylenes is 1. The Morgan fingerprint density at radius 3 is 2.60 bits per heavy atom. The standard InChI is InChI=1S/C15H12ClN3O.C3H6.C2H2/c1-2-8-19-9-6-11-10-12(3-4-13(11)19)20-14-5-7-17-15(16)18-14;1-3-2;1-2/h2-7,9-10H,1,8H2;3H,1H2,2H3;1-2H. The van der Waals surface area contributed by atoms with Crippen molar-refractivity contribution in [3.63, 3.8) is 0 Å². The summed E-state index contributed by atoms with van der Waals surface area (Å²) in [7, 11) is 0. The minimum Gasteiger partial charge on any atom is -0.439 e. The first-order chi connectivity index (χ1) is 12.2. The highest BCUT2D eigenvalue weighted by Gasteiger charge is 2.04. The third-order valence-electron chi connectivity index (χ3n) is 2.89. The van der Waals surface area contributed by atoms with Gasteiger partial charge in [0.15, 0.2) is 0 Å². The van der Waals surface area contributed by atoms with Crippen molar-refractivity contribution in [3.8, 4) is 24.5 Å². The molecule has 0 aliphatic rings. The van der Waals surface area contributed by atoms with Gasteiger partial charge in [-0.15, -0.1) is 26.0 Å². The molecule has 0 spiro atoms. The number of hydrogen-bond acceptors (Lipinski definition) is 3. The molecule has 3 rings (SSSR count). The Labute approximate surface area is 153 Å². The number of benzene rings is 1. The predicted octanol–water partition coefficient (Wildman–Crippen LogP) is 5.50. The van der Waals surface area contributed by atoms with Crippen molar-refractivity contribution in [2.24, 2.45) is 0 Å². The molecule has 0 N–H and O–H groups in total. The molecule has 0 aliphatic carbocycles.